The van der Waals surface area contributed by atoms with E-state index in [1.54, 1.807) is 0 Å². The minimum Gasteiger partial charge on any atom is -0.497 e. The molecule has 102 valence electrons. The number of ether oxygens (including phenoxy) is 1. The quantitative estimate of drug-likeness (QED) is 0.833. The van der Waals surface area contributed by atoms with Crippen molar-refractivity contribution in [2.24, 2.45) is 0 Å². The van der Waals surface area contributed by atoms with Crippen LogP contribution in [0, 0.1) is 5.82 Å². The summed E-state index contributed by atoms with van der Waals surface area (Å²) in [6.45, 7) is 0. The van der Waals surface area contributed by atoms with Crippen molar-refractivity contribution in [1.82, 2.24) is 0 Å². The van der Waals surface area contributed by atoms with Crippen molar-refractivity contribution >= 4 is 0 Å². The van der Waals surface area contributed by atoms with Crippen molar-refractivity contribution in [1.29, 1.82) is 0 Å². The molecule has 0 fully saturated rings. The molecule has 1 rings (SSSR count). The van der Waals surface area contributed by atoms with Crippen LogP contribution in [0.15, 0.2) is 18.2 Å². The predicted octanol–water partition coefficient (Wildman–Crippen LogP) is 3.16. The summed E-state index contributed by atoms with van der Waals surface area (Å²) in [4.78, 5) is 0. The molecular formula is C11H11F5O2. The molecule has 0 aliphatic carbocycles. The summed E-state index contributed by atoms with van der Waals surface area (Å²) < 4.78 is 67.1. The SMILES string of the molecule is COc1cc(F)cc(C(O)CC(F)(F)C(F)F)c1. The summed E-state index contributed by atoms with van der Waals surface area (Å²) in [7, 11) is 1.22. The number of hydrogen-bond acceptors (Lipinski definition) is 2. The third-order valence-electron chi connectivity index (χ3n) is 2.30. The van der Waals surface area contributed by atoms with E-state index < -0.39 is 30.7 Å². The van der Waals surface area contributed by atoms with Gasteiger partial charge >= 0.3 is 12.3 Å². The molecule has 0 heterocycles. The average Bonchev–Trinajstić information content (AvgIpc) is 2.27. The molecule has 0 aliphatic heterocycles. The molecule has 18 heavy (non-hydrogen) atoms. The fraction of sp³-hybridized carbons (Fsp3) is 0.455. The first-order valence-electron chi connectivity index (χ1n) is 4.95. The van der Waals surface area contributed by atoms with Crippen LogP contribution < -0.4 is 4.74 Å². The molecule has 0 aliphatic rings. The Morgan fingerprint density at radius 1 is 1.28 bits per heavy atom. The Bertz CT molecular complexity index is 408. The van der Waals surface area contributed by atoms with E-state index in [1.807, 2.05) is 0 Å². The molecule has 7 heteroatoms. The van der Waals surface area contributed by atoms with Gasteiger partial charge in [0.25, 0.3) is 0 Å². The van der Waals surface area contributed by atoms with Crippen molar-refractivity contribution in [2.75, 3.05) is 7.11 Å². The fourth-order valence-corrected chi connectivity index (χ4v) is 1.36. The summed E-state index contributed by atoms with van der Waals surface area (Å²) in [5.74, 6) is -5.15. The predicted molar refractivity (Wildman–Crippen MR) is 53.5 cm³/mol. The largest absolute Gasteiger partial charge is 0.497 e. The van der Waals surface area contributed by atoms with Crippen molar-refractivity contribution in [3.63, 3.8) is 0 Å². The second kappa shape index (κ2) is 5.51. The fourth-order valence-electron chi connectivity index (χ4n) is 1.36. The maximum absolute atomic E-state index is 13.0. The molecule has 1 aromatic rings. The highest BCUT2D eigenvalue weighted by Gasteiger charge is 2.42. The maximum atomic E-state index is 13.0. The molecule has 0 saturated carbocycles. The Hall–Kier alpha value is -1.37. The first-order chi connectivity index (χ1) is 8.26. The van der Waals surface area contributed by atoms with Gasteiger partial charge in [0.1, 0.15) is 11.6 Å². The van der Waals surface area contributed by atoms with Crippen LogP contribution in [0.25, 0.3) is 0 Å². The topological polar surface area (TPSA) is 29.5 Å². The van der Waals surface area contributed by atoms with Gasteiger partial charge in [0.15, 0.2) is 0 Å². The normalized spacial score (nSPS) is 13.8. The van der Waals surface area contributed by atoms with E-state index in [0.717, 1.165) is 18.2 Å². The van der Waals surface area contributed by atoms with Gasteiger partial charge in [-0.05, 0) is 17.7 Å². The van der Waals surface area contributed by atoms with Crippen molar-refractivity contribution in [3.05, 3.63) is 29.6 Å². The van der Waals surface area contributed by atoms with Crippen LogP contribution in [-0.2, 0) is 0 Å². The first-order valence-corrected chi connectivity index (χ1v) is 4.95. The number of rotatable bonds is 5. The summed E-state index contributed by atoms with van der Waals surface area (Å²) in [5, 5.41) is 9.41. The number of methoxy groups -OCH3 is 1. The first kappa shape index (κ1) is 14.7. The number of aliphatic hydroxyl groups is 1. The molecule has 0 spiro atoms. The minimum absolute atomic E-state index is 0.00409. The molecule has 0 amide bonds. The van der Waals surface area contributed by atoms with E-state index in [-0.39, 0.29) is 11.3 Å². The zero-order valence-electron chi connectivity index (χ0n) is 9.34. The van der Waals surface area contributed by atoms with Crippen molar-refractivity contribution in [3.8, 4) is 5.75 Å². The lowest BCUT2D eigenvalue weighted by atomic mass is 10.0. The van der Waals surface area contributed by atoms with E-state index in [1.165, 1.54) is 7.11 Å². The van der Waals surface area contributed by atoms with Gasteiger partial charge < -0.3 is 9.84 Å². The smallest absolute Gasteiger partial charge is 0.310 e. The van der Waals surface area contributed by atoms with Crippen LogP contribution in [0.5, 0.6) is 5.75 Å². The minimum atomic E-state index is -4.33. The third kappa shape index (κ3) is 3.56. The Morgan fingerprint density at radius 2 is 1.89 bits per heavy atom. The molecule has 0 saturated heterocycles. The molecule has 0 aromatic heterocycles. The molecule has 0 radical (unpaired) electrons. The number of aliphatic hydroxyl groups excluding tert-OH is 1. The van der Waals surface area contributed by atoms with E-state index in [4.69, 9.17) is 0 Å². The van der Waals surface area contributed by atoms with E-state index in [0.29, 0.717) is 0 Å². The van der Waals surface area contributed by atoms with E-state index in [9.17, 15) is 27.1 Å². The lowest BCUT2D eigenvalue weighted by molar-refractivity contribution is -0.149. The highest BCUT2D eigenvalue weighted by Crippen LogP contribution is 2.34. The van der Waals surface area contributed by atoms with Gasteiger partial charge in [0.2, 0.25) is 0 Å². The molecular weight excluding hydrogens is 259 g/mol. The molecule has 1 unspecified atom stereocenters. The van der Waals surface area contributed by atoms with Crippen molar-refractivity contribution in [2.45, 2.75) is 24.9 Å². The van der Waals surface area contributed by atoms with Crippen molar-refractivity contribution < 1.29 is 31.8 Å². The second-order valence-electron chi connectivity index (χ2n) is 3.71. The Morgan fingerprint density at radius 3 is 2.39 bits per heavy atom. The Balaban J connectivity index is 2.90. The van der Waals surface area contributed by atoms with Crippen LogP contribution in [0.4, 0.5) is 22.0 Å². The summed E-state index contributed by atoms with van der Waals surface area (Å²) in [6, 6.07) is 2.87. The van der Waals surface area contributed by atoms with Gasteiger partial charge in [-0.25, -0.2) is 22.0 Å². The van der Waals surface area contributed by atoms with Gasteiger partial charge in [-0.1, -0.05) is 0 Å². The number of hydrogen-bond donors (Lipinski definition) is 1. The molecule has 2 nitrogen and oxygen atoms in total. The summed E-state index contributed by atoms with van der Waals surface area (Å²) >= 11 is 0. The summed E-state index contributed by atoms with van der Waals surface area (Å²) in [5.41, 5.74) is -0.243. The lowest BCUT2D eigenvalue weighted by Crippen LogP contribution is -2.28. The number of halogens is 5. The highest BCUT2D eigenvalue weighted by molar-refractivity contribution is 5.31. The maximum Gasteiger partial charge on any atom is 0.310 e. The van der Waals surface area contributed by atoms with Crippen LogP contribution in [-0.4, -0.2) is 24.6 Å². The molecule has 1 atom stereocenters. The van der Waals surface area contributed by atoms with Gasteiger partial charge in [-0.2, -0.15) is 0 Å². The van der Waals surface area contributed by atoms with Crippen LogP contribution >= 0.6 is 0 Å². The number of alkyl halides is 4. The third-order valence-corrected chi connectivity index (χ3v) is 2.30. The van der Waals surface area contributed by atoms with Gasteiger partial charge in [0, 0.05) is 12.5 Å². The van der Waals surface area contributed by atoms with E-state index in [2.05, 4.69) is 4.74 Å². The standard InChI is InChI=1S/C11H11F5O2/c1-18-8-3-6(2-7(12)4-8)9(17)5-11(15,16)10(13)14/h2-4,9-10,17H,5H2,1H3. The second-order valence-corrected chi connectivity index (χ2v) is 3.71. The molecule has 0 bridgehead atoms. The highest BCUT2D eigenvalue weighted by atomic mass is 19.3. The summed E-state index contributed by atoms with van der Waals surface area (Å²) in [6.07, 6.45) is -7.28. The lowest BCUT2D eigenvalue weighted by Gasteiger charge is -2.19. The van der Waals surface area contributed by atoms with Crippen LogP contribution in [0.1, 0.15) is 18.1 Å². The monoisotopic (exact) mass is 270 g/mol. The zero-order valence-corrected chi connectivity index (χ0v) is 9.34. The van der Waals surface area contributed by atoms with Crippen LogP contribution in [0.2, 0.25) is 0 Å². The average molecular weight is 270 g/mol. The molecule has 1 aromatic carbocycles. The molecule has 1 N–H and O–H groups in total. The van der Waals surface area contributed by atoms with Gasteiger partial charge in [-0.15, -0.1) is 0 Å². The number of benzene rings is 1. The Kier molecular flexibility index (Phi) is 4.50. The van der Waals surface area contributed by atoms with Gasteiger partial charge in [-0.3, -0.25) is 0 Å². The zero-order chi connectivity index (χ0) is 13.9. The van der Waals surface area contributed by atoms with Crippen LogP contribution in [0.3, 0.4) is 0 Å². The van der Waals surface area contributed by atoms with Gasteiger partial charge in [0.05, 0.1) is 13.2 Å². The van der Waals surface area contributed by atoms with E-state index >= 15 is 0 Å². The Labute approximate surface area is 100.0 Å².